The fraction of sp³-hybridized carbons (Fsp3) is 0.455. The number of carbonyl (C=O) groups excluding carboxylic acids is 1. The number of nitrogens with one attached hydrogen (secondary N) is 2. The van der Waals surface area contributed by atoms with E-state index in [9.17, 15) is 14.7 Å². The van der Waals surface area contributed by atoms with Crippen molar-refractivity contribution in [2.24, 2.45) is 5.92 Å². The van der Waals surface area contributed by atoms with Crippen molar-refractivity contribution < 1.29 is 14.7 Å². The summed E-state index contributed by atoms with van der Waals surface area (Å²) in [7, 11) is 1.78. The number of carbonyl (C=O) groups is 2. The summed E-state index contributed by atoms with van der Waals surface area (Å²) in [6.45, 7) is 0. The molecule has 2 aromatic rings. The van der Waals surface area contributed by atoms with E-state index in [1.165, 1.54) is 6.42 Å². The number of aliphatic carboxylic acids is 1. The van der Waals surface area contributed by atoms with Gasteiger partial charge in [-0.1, -0.05) is 61.7 Å². The van der Waals surface area contributed by atoms with Crippen LogP contribution in [0.5, 0.6) is 0 Å². The summed E-state index contributed by atoms with van der Waals surface area (Å²) in [6.07, 6.45) is 5.78. The Labute approximate surface area is 160 Å². The van der Waals surface area contributed by atoms with Crippen LogP contribution in [0.25, 0.3) is 10.8 Å². The van der Waals surface area contributed by atoms with Gasteiger partial charge in [-0.25, -0.2) is 4.79 Å². The summed E-state index contributed by atoms with van der Waals surface area (Å²) in [5.41, 5.74) is 0.930. The van der Waals surface area contributed by atoms with Crippen molar-refractivity contribution in [3.63, 3.8) is 0 Å². The third-order valence-corrected chi connectivity index (χ3v) is 5.63. The lowest BCUT2D eigenvalue weighted by atomic mass is 9.83. The maximum atomic E-state index is 12.8. The molecule has 0 radical (unpaired) electrons. The largest absolute Gasteiger partial charge is 0.480 e. The van der Waals surface area contributed by atoms with Crippen LogP contribution in [0.4, 0.5) is 0 Å². The van der Waals surface area contributed by atoms with E-state index in [0.29, 0.717) is 0 Å². The minimum absolute atomic E-state index is 0.211. The minimum Gasteiger partial charge on any atom is -0.480 e. The molecule has 1 aliphatic rings. The molecule has 1 amide bonds. The van der Waals surface area contributed by atoms with Crippen LogP contribution in [0.1, 0.15) is 37.7 Å². The Balaban J connectivity index is 1.75. The van der Waals surface area contributed by atoms with Crippen molar-refractivity contribution in [1.82, 2.24) is 10.6 Å². The Hall–Kier alpha value is -2.40. The molecule has 1 aliphatic carbocycles. The van der Waals surface area contributed by atoms with Crippen LogP contribution in [0.3, 0.4) is 0 Å². The highest BCUT2D eigenvalue weighted by atomic mass is 16.4. The predicted molar refractivity (Wildman–Crippen MR) is 107 cm³/mol. The summed E-state index contributed by atoms with van der Waals surface area (Å²) in [4.78, 5) is 24.6. The standard InChI is InChI=1S/C22H28N2O3/c1-23-20(16-9-3-2-4-10-16)21(25)24-19(22(26)27)14-17-12-7-11-15-8-5-6-13-18(15)17/h5-8,11-13,16,19-20,23H,2-4,9-10,14H2,1H3,(H,24,25)(H,26,27)/t19-,20?/m0/s1. The number of amides is 1. The predicted octanol–water partition coefficient (Wildman–Crippen LogP) is 3.12. The normalized spacial score (nSPS) is 17.4. The fourth-order valence-electron chi connectivity index (χ4n) is 4.20. The van der Waals surface area contributed by atoms with Crippen LogP contribution in [0.15, 0.2) is 42.5 Å². The van der Waals surface area contributed by atoms with Crippen molar-refractivity contribution in [3.8, 4) is 0 Å². The summed E-state index contributed by atoms with van der Waals surface area (Å²) < 4.78 is 0. The molecule has 0 aromatic heterocycles. The molecule has 1 unspecified atom stereocenters. The van der Waals surface area contributed by atoms with E-state index in [4.69, 9.17) is 0 Å². The number of likely N-dealkylation sites (N-methyl/N-ethyl adjacent to an activating group) is 1. The smallest absolute Gasteiger partial charge is 0.326 e. The van der Waals surface area contributed by atoms with Crippen LogP contribution in [-0.2, 0) is 16.0 Å². The average Bonchev–Trinajstić information content (AvgIpc) is 2.69. The lowest BCUT2D eigenvalue weighted by Gasteiger charge is -2.30. The Morgan fingerprint density at radius 2 is 1.78 bits per heavy atom. The summed E-state index contributed by atoms with van der Waals surface area (Å²) in [5.74, 6) is -0.942. The molecule has 144 valence electrons. The van der Waals surface area contributed by atoms with E-state index in [2.05, 4.69) is 10.6 Å². The number of rotatable bonds is 7. The summed E-state index contributed by atoms with van der Waals surface area (Å²) >= 11 is 0. The van der Waals surface area contributed by atoms with Crippen LogP contribution in [0.2, 0.25) is 0 Å². The molecule has 2 atom stereocenters. The van der Waals surface area contributed by atoms with Gasteiger partial charge < -0.3 is 15.7 Å². The first-order valence-corrected chi connectivity index (χ1v) is 9.77. The van der Waals surface area contributed by atoms with Gasteiger partial charge in [0.05, 0.1) is 6.04 Å². The minimum atomic E-state index is -1.00. The molecular formula is C22H28N2O3. The van der Waals surface area contributed by atoms with Gasteiger partial charge in [0.25, 0.3) is 0 Å². The lowest BCUT2D eigenvalue weighted by molar-refractivity contribution is -0.142. The number of hydrogen-bond donors (Lipinski definition) is 3. The van der Waals surface area contributed by atoms with Gasteiger partial charge in [-0.3, -0.25) is 4.79 Å². The highest BCUT2D eigenvalue weighted by Crippen LogP contribution is 2.27. The van der Waals surface area contributed by atoms with Crippen molar-refractivity contribution in [2.45, 2.75) is 50.6 Å². The molecule has 3 N–H and O–H groups in total. The monoisotopic (exact) mass is 368 g/mol. The Bertz CT molecular complexity index is 794. The van der Waals surface area contributed by atoms with Crippen LogP contribution < -0.4 is 10.6 Å². The number of fused-ring (bicyclic) bond motifs is 1. The maximum absolute atomic E-state index is 12.8. The lowest BCUT2D eigenvalue weighted by Crippen LogP contribution is -2.53. The van der Waals surface area contributed by atoms with Crippen LogP contribution in [0, 0.1) is 5.92 Å². The van der Waals surface area contributed by atoms with Gasteiger partial charge in [0.15, 0.2) is 0 Å². The first kappa shape index (κ1) is 19.4. The Morgan fingerprint density at radius 3 is 2.48 bits per heavy atom. The van der Waals surface area contributed by atoms with E-state index in [1.807, 2.05) is 42.5 Å². The molecule has 5 nitrogen and oxygen atoms in total. The zero-order valence-corrected chi connectivity index (χ0v) is 15.8. The quantitative estimate of drug-likeness (QED) is 0.702. The zero-order valence-electron chi connectivity index (χ0n) is 15.8. The molecule has 0 spiro atoms. The number of benzene rings is 2. The van der Waals surface area contributed by atoms with E-state index in [1.54, 1.807) is 7.05 Å². The van der Waals surface area contributed by atoms with Gasteiger partial charge in [-0.05, 0) is 42.1 Å². The molecule has 0 heterocycles. The highest BCUT2D eigenvalue weighted by Gasteiger charge is 2.31. The molecule has 1 saturated carbocycles. The number of hydrogen-bond acceptors (Lipinski definition) is 3. The molecular weight excluding hydrogens is 340 g/mol. The van der Waals surface area contributed by atoms with Crippen molar-refractivity contribution in [3.05, 3.63) is 48.0 Å². The zero-order chi connectivity index (χ0) is 19.2. The van der Waals surface area contributed by atoms with Gasteiger partial charge in [0.2, 0.25) is 5.91 Å². The third-order valence-electron chi connectivity index (χ3n) is 5.63. The number of carboxylic acids is 1. The third kappa shape index (κ3) is 4.66. The maximum Gasteiger partial charge on any atom is 0.326 e. The Morgan fingerprint density at radius 1 is 1.07 bits per heavy atom. The topological polar surface area (TPSA) is 78.4 Å². The van der Waals surface area contributed by atoms with Gasteiger partial charge in [0.1, 0.15) is 6.04 Å². The van der Waals surface area contributed by atoms with E-state index in [-0.39, 0.29) is 24.3 Å². The van der Waals surface area contributed by atoms with E-state index in [0.717, 1.165) is 42.0 Å². The van der Waals surface area contributed by atoms with E-state index >= 15 is 0 Å². The summed E-state index contributed by atoms with van der Waals surface area (Å²) in [6, 6.07) is 12.5. The molecule has 0 bridgehead atoms. The second-order valence-electron chi connectivity index (χ2n) is 7.41. The summed E-state index contributed by atoms with van der Waals surface area (Å²) in [5, 5.41) is 17.7. The van der Waals surface area contributed by atoms with Crippen molar-refractivity contribution >= 4 is 22.6 Å². The van der Waals surface area contributed by atoms with Crippen molar-refractivity contribution in [2.75, 3.05) is 7.05 Å². The second kappa shape index (κ2) is 9.00. The molecule has 2 aromatic carbocycles. The first-order chi connectivity index (χ1) is 13.1. The molecule has 5 heteroatoms. The SMILES string of the molecule is CNC(C(=O)N[C@@H](Cc1cccc2ccccc12)C(=O)O)C1CCCCC1. The van der Waals surface area contributed by atoms with Gasteiger partial charge >= 0.3 is 5.97 Å². The van der Waals surface area contributed by atoms with Gasteiger partial charge in [-0.15, -0.1) is 0 Å². The number of carboxylic acid groups (broad SMARTS) is 1. The molecule has 27 heavy (non-hydrogen) atoms. The fourth-order valence-corrected chi connectivity index (χ4v) is 4.20. The second-order valence-corrected chi connectivity index (χ2v) is 7.41. The highest BCUT2D eigenvalue weighted by molar-refractivity contribution is 5.89. The average molecular weight is 368 g/mol. The van der Waals surface area contributed by atoms with Gasteiger partial charge in [0, 0.05) is 6.42 Å². The van der Waals surface area contributed by atoms with E-state index < -0.39 is 12.0 Å². The molecule has 3 rings (SSSR count). The van der Waals surface area contributed by atoms with Crippen LogP contribution in [-0.4, -0.2) is 36.1 Å². The van der Waals surface area contributed by atoms with Crippen LogP contribution >= 0.6 is 0 Å². The first-order valence-electron chi connectivity index (χ1n) is 9.77. The molecule has 1 fully saturated rings. The Kier molecular flexibility index (Phi) is 6.45. The van der Waals surface area contributed by atoms with Gasteiger partial charge in [-0.2, -0.15) is 0 Å². The molecule has 0 aliphatic heterocycles. The van der Waals surface area contributed by atoms with Crippen molar-refractivity contribution in [1.29, 1.82) is 0 Å². The molecule has 0 saturated heterocycles.